The zero-order valence-corrected chi connectivity index (χ0v) is 16.0. The van der Waals surface area contributed by atoms with Crippen LogP contribution in [0.2, 0.25) is 0 Å². The lowest BCUT2D eigenvalue weighted by molar-refractivity contribution is 0.213. The predicted octanol–water partition coefficient (Wildman–Crippen LogP) is 1.53. The number of nitrogens with zero attached hydrogens (tertiary/aromatic N) is 4. The monoisotopic (exact) mass is 368 g/mol. The van der Waals surface area contributed by atoms with E-state index in [1.807, 2.05) is 13.8 Å². The molecule has 0 unspecified atom stereocenters. The lowest BCUT2D eigenvalue weighted by atomic mass is 9.97. The van der Waals surface area contributed by atoms with Gasteiger partial charge in [0, 0.05) is 50.9 Å². The molecule has 4 saturated heterocycles. The van der Waals surface area contributed by atoms with E-state index in [-0.39, 0.29) is 6.04 Å². The Bertz CT molecular complexity index is 707. The molecule has 25 heavy (non-hydrogen) atoms. The van der Waals surface area contributed by atoms with Crippen molar-refractivity contribution in [2.75, 3.05) is 32.7 Å². The van der Waals surface area contributed by atoms with Crippen LogP contribution in [0, 0.1) is 19.8 Å². The summed E-state index contributed by atoms with van der Waals surface area (Å²) in [7, 11) is -3.31. The van der Waals surface area contributed by atoms with Gasteiger partial charge in [-0.3, -0.25) is 4.90 Å². The van der Waals surface area contributed by atoms with Crippen molar-refractivity contribution >= 4 is 10.2 Å². The first-order chi connectivity index (χ1) is 11.9. The van der Waals surface area contributed by atoms with Gasteiger partial charge in [-0.15, -0.1) is 0 Å². The molecule has 0 N–H and O–H groups in total. The molecule has 4 aliphatic rings. The summed E-state index contributed by atoms with van der Waals surface area (Å²) in [6.45, 7) is 8.50. The smallest absolute Gasteiger partial charge is 0.282 e. The van der Waals surface area contributed by atoms with Crippen LogP contribution in [0.25, 0.3) is 0 Å². The maximum Gasteiger partial charge on any atom is 0.282 e. The Morgan fingerprint density at radius 3 is 2.56 bits per heavy atom. The van der Waals surface area contributed by atoms with Crippen LogP contribution >= 0.6 is 0 Å². The fourth-order valence-corrected chi connectivity index (χ4v) is 6.53. The largest absolute Gasteiger partial charge is 0.361 e. The van der Waals surface area contributed by atoms with E-state index < -0.39 is 10.2 Å². The molecular formula is C17H28N4O3S. The van der Waals surface area contributed by atoms with E-state index in [4.69, 9.17) is 4.52 Å². The second-order valence-corrected chi connectivity index (χ2v) is 9.66. The normalized spacial score (nSPS) is 29.4. The van der Waals surface area contributed by atoms with Gasteiger partial charge in [0.1, 0.15) is 5.76 Å². The molecule has 0 aliphatic carbocycles. The summed E-state index contributed by atoms with van der Waals surface area (Å²) in [5.41, 5.74) is 2.09. The Labute approximate surface area is 150 Å². The number of aryl methyl sites for hydroxylation is 2. The second kappa shape index (κ2) is 6.64. The molecule has 1 aromatic heterocycles. The van der Waals surface area contributed by atoms with Crippen LogP contribution in [0.3, 0.4) is 0 Å². The van der Waals surface area contributed by atoms with E-state index in [1.54, 1.807) is 8.61 Å². The molecule has 0 radical (unpaired) electrons. The zero-order valence-electron chi connectivity index (χ0n) is 15.1. The molecule has 2 atom stereocenters. The quantitative estimate of drug-likeness (QED) is 0.806. The predicted molar refractivity (Wildman–Crippen MR) is 94.2 cm³/mol. The average Bonchev–Trinajstić information content (AvgIpc) is 3.13. The van der Waals surface area contributed by atoms with Gasteiger partial charge >= 0.3 is 0 Å². The summed E-state index contributed by atoms with van der Waals surface area (Å²) in [4.78, 5) is 2.40. The van der Waals surface area contributed by atoms with Gasteiger partial charge in [-0.25, -0.2) is 0 Å². The first-order valence-electron chi connectivity index (χ1n) is 9.36. The van der Waals surface area contributed by atoms with E-state index in [0.717, 1.165) is 62.3 Å². The first kappa shape index (κ1) is 17.5. The molecule has 8 heteroatoms. The Kier molecular flexibility index (Phi) is 4.64. The maximum absolute atomic E-state index is 13.1. The van der Waals surface area contributed by atoms with Crippen LogP contribution in [0.5, 0.6) is 0 Å². The van der Waals surface area contributed by atoms with Crippen LogP contribution in [0.1, 0.15) is 42.7 Å². The number of rotatable bonds is 4. The van der Waals surface area contributed by atoms with Gasteiger partial charge in [-0.1, -0.05) is 5.16 Å². The topological polar surface area (TPSA) is 69.9 Å². The van der Waals surface area contributed by atoms with Gasteiger partial charge in [0.25, 0.3) is 10.2 Å². The minimum absolute atomic E-state index is 0.0878. The highest BCUT2D eigenvalue weighted by Crippen LogP contribution is 2.33. The number of aromatic nitrogens is 1. The van der Waals surface area contributed by atoms with Gasteiger partial charge in [0.2, 0.25) is 0 Å². The molecule has 4 fully saturated rings. The van der Waals surface area contributed by atoms with Crippen molar-refractivity contribution in [3.63, 3.8) is 0 Å². The highest BCUT2D eigenvalue weighted by atomic mass is 32.2. The third-order valence-electron chi connectivity index (χ3n) is 5.99. The SMILES string of the molecule is Cc1noc(C)c1CN1C[C@@H]2CC[C@H](C1)N(S(=O)(=O)N1CCCC1)C2. The molecule has 140 valence electrons. The summed E-state index contributed by atoms with van der Waals surface area (Å²) in [5.74, 6) is 1.28. The van der Waals surface area contributed by atoms with Crippen molar-refractivity contribution in [3.8, 4) is 0 Å². The van der Waals surface area contributed by atoms with Crippen molar-refractivity contribution in [1.82, 2.24) is 18.7 Å². The van der Waals surface area contributed by atoms with Crippen LogP contribution in [0.15, 0.2) is 4.52 Å². The second-order valence-electron chi connectivity index (χ2n) is 7.78. The third-order valence-corrected chi connectivity index (χ3v) is 8.05. The summed E-state index contributed by atoms with van der Waals surface area (Å²) in [6, 6.07) is 0.0878. The van der Waals surface area contributed by atoms with Crippen LogP contribution in [0.4, 0.5) is 0 Å². The number of hydrogen-bond acceptors (Lipinski definition) is 5. The summed E-state index contributed by atoms with van der Waals surface area (Å²) < 4.78 is 34.9. The van der Waals surface area contributed by atoms with Gasteiger partial charge < -0.3 is 4.52 Å². The van der Waals surface area contributed by atoms with E-state index in [1.165, 1.54) is 0 Å². The van der Waals surface area contributed by atoms with Gasteiger partial charge in [0.05, 0.1) is 5.69 Å². The van der Waals surface area contributed by atoms with E-state index in [0.29, 0.717) is 25.6 Å². The molecule has 0 amide bonds. The standard InChI is InChI=1S/C17H28N4O3S/c1-13-17(14(2)24-18-13)12-19-9-15-5-6-16(11-19)21(10-15)25(22,23)20-7-3-4-8-20/h15-16H,3-12H2,1-2H3/t15-,16+/m0/s1. The molecule has 0 saturated carbocycles. The molecule has 5 rings (SSSR count). The van der Waals surface area contributed by atoms with E-state index >= 15 is 0 Å². The molecule has 0 aromatic carbocycles. The number of piperidine rings is 1. The molecule has 7 nitrogen and oxygen atoms in total. The number of fused-ring (bicyclic) bond motifs is 4. The lowest BCUT2D eigenvalue weighted by Gasteiger charge is -2.37. The van der Waals surface area contributed by atoms with Crippen molar-refractivity contribution in [2.24, 2.45) is 5.92 Å². The highest BCUT2D eigenvalue weighted by Gasteiger charge is 2.43. The molecular weight excluding hydrogens is 340 g/mol. The van der Waals surface area contributed by atoms with Gasteiger partial charge in [-0.2, -0.15) is 17.0 Å². The minimum atomic E-state index is -3.31. The molecule has 2 bridgehead atoms. The van der Waals surface area contributed by atoms with E-state index in [2.05, 4.69) is 10.1 Å². The van der Waals surface area contributed by atoms with Crippen LogP contribution < -0.4 is 0 Å². The van der Waals surface area contributed by atoms with Crippen LogP contribution in [-0.2, 0) is 16.8 Å². The summed E-state index contributed by atoms with van der Waals surface area (Å²) in [6.07, 6.45) is 4.06. The summed E-state index contributed by atoms with van der Waals surface area (Å²) in [5, 5.41) is 4.05. The lowest BCUT2D eigenvalue weighted by Crippen LogP contribution is -2.52. The van der Waals surface area contributed by atoms with Gasteiger partial charge in [-0.05, 0) is 45.4 Å². The molecule has 0 spiro atoms. The van der Waals surface area contributed by atoms with Crippen molar-refractivity contribution < 1.29 is 12.9 Å². The average molecular weight is 369 g/mol. The molecule has 1 aromatic rings. The van der Waals surface area contributed by atoms with Gasteiger partial charge in [0.15, 0.2) is 0 Å². The molecule has 4 aliphatic heterocycles. The van der Waals surface area contributed by atoms with Crippen molar-refractivity contribution in [2.45, 2.75) is 52.1 Å². The Balaban J connectivity index is 1.52. The fourth-order valence-electron chi connectivity index (χ4n) is 4.57. The van der Waals surface area contributed by atoms with E-state index in [9.17, 15) is 8.42 Å². The number of hydrogen-bond donors (Lipinski definition) is 0. The first-order valence-corrected chi connectivity index (χ1v) is 10.8. The minimum Gasteiger partial charge on any atom is -0.361 e. The Hall–Kier alpha value is -0.960. The fraction of sp³-hybridized carbons (Fsp3) is 0.824. The molecule has 5 heterocycles. The Morgan fingerprint density at radius 1 is 1.12 bits per heavy atom. The highest BCUT2D eigenvalue weighted by molar-refractivity contribution is 7.86. The van der Waals surface area contributed by atoms with Crippen molar-refractivity contribution in [1.29, 1.82) is 0 Å². The van der Waals surface area contributed by atoms with Crippen molar-refractivity contribution in [3.05, 3.63) is 17.0 Å². The third kappa shape index (κ3) is 3.25. The maximum atomic E-state index is 13.1. The summed E-state index contributed by atoms with van der Waals surface area (Å²) >= 11 is 0. The zero-order chi connectivity index (χ0) is 17.6. The van der Waals surface area contributed by atoms with Crippen LogP contribution in [-0.4, -0.2) is 65.9 Å². The Morgan fingerprint density at radius 2 is 1.88 bits per heavy atom.